The van der Waals surface area contributed by atoms with Crippen molar-refractivity contribution < 1.29 is 0 Å². The lowest BCUT2D eigenvalue weighted by molar-refractivity contribution is 0.369. The number of aromatic nitrogens is 2. The SMILES string of the molecule is Cc1cc(C#N)nc(N2CC(CN)CCC2C)n1. The van der Waals surface area contributed by atoms with Crippen molar-refractivity contribution in [2.24, 2.45) is 11.7 Å². The lowest BCUT2D eigenvalue weighted by Crippen LogP contribution is -2.44. The molecule has 1 saturated heterocycles. The van der Waals surface area contributed by atoms with Gasteiger partial charge in [-0.05, 0) is 45.2 Å². The van der Waals surface area contributed by atoms with E-state index in [0.29, 0.717) is 30.1 Å². The van der Waals surface area contributed by atoms with Crippen molar-refractivity contribution in [3.8, 4) is 6.07 Å². The standard InChI is InChI=1S/C13H19N5/c1-9-5-12(7-15)17-13(16-9)18-8-11(6-14)4-3-10(18)2/h5,10-11H,3-4,6,8,14H2,1-2H3. The van der Waals surface area contributed by atoms with E-state index in [4.69, 9.17) is 11.0 Å². The minimum absolute atomic E-state index is 0.404. The van der Waals surface area contributed by atoms with E-state index < -0.39 is 0 Å². The van der Waals surface area contributed by atoms with E-state index >= 15 is 0 Å². The van der Waals surface area contributed by atoms with Crippen molar-refractivity contribution in [2.75, 3.05) is 18.0 Å². The molecule has 1 aliphatic heterocycles. The Kier molecular flexibility index (Phi) is 3.78. The van der Waals surface area contributed by atoms with E-state index in [1.54, 1.807) is 6.07 Å². The van der Waals surface area contributed by atoms with E-state index in [-0.39, 0.29) is 0 Å². The third-order valence-electron chi connectivity index (χ3n) is 3.53. The van der Waals surface area contributed by atoms with Gasteiger partial charge in [0.1, 0.15) is 11.8 Å². The molecule has 0 saturated carbocycles. The maximum absolute atomic E-state index is 8.97. The van der Waals surface area contributed by atoms with Crippen molar-refractivity contribution in [3.05, 3.63) is 17.5 Å². The van der Waals surface area contributed by atoms with Gasteiger partial charge in [0.05, 0.1) is 0 Å². The molecule has 2 atom stereocenters. The van der Waals surface area contributed by atoms with Gasteiger partial charge in [-0.1, -0.05) is 0 Å². The molecule has 2 unspecified atom stereocenters. The Morgan fingerprint density at radius 1 is 1.50 bits per heavy atom. The second-order valence-corrected chi connectivity index (χ2v) is 4.99. The van der Waals surface area contributed by atoms with Crippen LogP contribution in [0.3, 0.4) is 0 Å². The zero-order chi connectivity index (χ0) is 13.1. The Bertz CT molecular complexity index is 465. The monoisotopic (exact) mass is 245 g/mol. The fourth-order valence-electron chi connectivity index (χ4n) is 2.39. The Labute approximate surface area is 108 Å². The van der Waals surface area contributed by atoms with Crippen LogP contribution >= 0.6 is 0 Å². The van der Waals surface area contributed by atoms with Crippen molar-refractivity contribution in [1.82, 2.24) is 9.97 Å². The highest BCUT2D eigenvalue weighted by atomic mass is 15.3. The number of rotatable bonds is 2. The molecule has 5 heteroatoms. The second-order valence-electron chi connectivity index (χ2n) is 4.99. The molecule has 0 bridgehead atoms. The van der Waals surface area contributed by atoms with Gasteiger partial charge in [-0.25, -0.2) is 9.97 Å². The van der Waals surface area contributed by atoms with Gasteiger partial charge in [0, 0.05) is 18.3 Å². The van der Waals surface area contributed by atoms with Crippen LogP contribution in [0.4, 0.5) is 5.95 Å². The third-order valence-corrected chi connectivity index (χ3v) is 3.53. The summed E-state index contributed by atoms with van der Waals surface area (Å²) in [5.41, 5.74) is 7.02. The number of nitrogens with zero attached hydrogens (tertiary/aromatic N) is 4. The average molecular weight is 245 g/mol. The molecule has 1 aromatic heterocycles. The van der Waals surface area contributed by atoms with E-state index in [0.717, 1.165) is 25.1 Å². The molecule has 1 aliphatic rings. The van der Waals surface area contributed by atoms with Gasteiger partial charge < -0.3 is 10.6 Å². The summed E-state index contributed by atoms with van der Waals surface area (Å²) >= 11 is 0. The van der Waals surface area contributed by atoms with Gasteiger partial charge in [0.15, 0.2) is 0 Å². The fraction of sp³-hybridized carbons (Fsp3) is 0.615. The largest absolute Gasteiger partial charge is 0.338 e. The summed E-state index contributed by atoms with van der Waals surface area (Å²) in [5.74, 6) is 1.16. The molecule has 5 nitrogen and oxygen atoms in total. The molecule has 1 fully saturated rings. The van der Waals surface area contributed by atoms with Crippen LogP contribution in [0.1, 0.15) is 31.2 Å². The highest BCUT2D eigenvalue weighted by Crippen LogP contribution is 2.25. The van der Waals surface area contributed by atoms with E-state index in [1.807, 2.05) is 6.92 Å². The van der Waals surface area contributed by atoms with Gasteiger partial charge in [0.25, 0.3) is 0 Å². The fourth-order valence-corrected chi connectivity index (χ4v) is 2.39. The number of hydrogen-bond donors (Lipinski definition) is 1. The molecular formula is C13H19N5. The molecule has 0 aliphatic carbocycles. The van der Waals surface area contributed by atoms with Crippen molar-refractivity contribution in [2.45, 2.75) is 32.7 Å². The van der Waals surface area contributed by atoms with E-state index in [2.05, 4.69) is 27.9 Å². The summed E-state index contributed by atoms with van der Waals surface area (Å²) < 4.78 is 0. The predicted octanol–water partition coefficient (Wildman–Crippen LogP) is 1.22. The number of nitrogens with two attached hydrogens (primary N) is 1. The highest BCUT2D eigenvalue weighted by molar-refractivity contribution is 5.37. The molecule has 2 N–H and O–H groups in total. The minimum Gasteiger partial charge on any atom is -0.338 e. The highest BCUT2D eigenvalue weighted by Gasteiger charge is 2.26. The molecule has 96 valence electrons. The molecule has 0 aromatic carbocycles. The molecule has 1 aromatic rings. The Hall–Kier alpha value is -1.67. The number of anilines is 1. The molecule has 0 amide bonds. The smallest absolute Gasteiger partial charge is 0.227 e. The van der Waals surface area contributed by atoms with Crippen molar-refractivity contribution in [1.29, 1.82) is 5.26 Å². The normalized spacial score (nSPS) is 23.8. The zero-order valence-electron chi connectivity index (χ0n) is 10.9. The summed E-state index contributed by atoms with van der Waals surface area (Å²) in [6.45, 7) is 5.64. The maximum atomic E-state index is 8.97. The van der Waals surface area contributed by atoms with Crippen molar-refractivity contribution >= 4 is 5.95 Å². The van der Waals surface area contributed by atoms with Crippen LogP contribution in [-0.4, -0.2) is 29.1 Å². The third kappa shape index (κ3) is 2.59. The topological polar surface area (TPSA) is 78.8 Å². The van der Waals surface area contributed by atoms with Crippen LogP contribution in [0.5, 0.6) is 0 Å². The summed E-state index contributed by atoms with van der Waals surface area (Å²) in [6, 6.07) is 4.20. The van der Waals surface area contributed by atoms with Gasteiger partial charge >= 0.3 is 0 Å². The predicted molar refractivity (Wildman–Crippen MR) is 70.1 cm³/mol. The number of hydrogen-bond acceptors (Lipinski definition) is 5. The molecule has 2 rings (SSSR count). The molecular weight excluding hydrogens is 226 g/mol. The molecule has 18 heavy (non-hydrogen) atoms. The first-order chi connectivity index (χ1) is 8.63. The minimum atomic E-state index is 0.404. The van der Waals surface area contributed by atoms with Gasteiger partial charge in [-0.15, -0.1) is 0 Å². The lowest BCUT2D eigenvalue weighted by atomic mass is 9.94. The van der Waals surface area contributed by atoms with Crippen LogP contribution in [0, 0.1) is 24.2 Å². The summed E-state index contributed by atoms with van der Waals surface area (Å²) in [6.07, 6.45) is 2.26. The Balaban J connectivity index is 2.29. The van der Waals surface area contributed by atoms with Crippen LogP contribution in [-0.2, 0) is 0 Å². The Morgan fingerprint density at radius 3 is 2.94 bits per heavy atom. The van der Waals surface area contributed by atoms with Gasteiger partial charge in [-0.2, -0.15) is 5.26 Å². The maximum Gasteiger partial charge on any atom is 0.227 e. The summed E-state index contributed by atoms with van der Waals surface area (Å²) in [5, 5.41) is 8.97. The molecule has 0 spiro atoms. The van der Waals surface area contributed by atoms with E-state index in [1.165, 1.54) is 0 Å². The quantitative estimate of drug-likeness (QED) is 0.847. The van der Waals surface area contributed by atoms with Crippen LogP contribution < -0.4 is 10.6 Å². The number of nitriles is 1. The average Bonchev–Trinajstić information content (AvgIpc) is 2.38. The first kappa shape index (κ1) is 12.8. The zero-order valence-corrected chi connectivity index (χ0v) is 10.9. The second kappa shape index (κ2) is 5.32. The van der Waals surface area contributed by atoms with Crippen LogP contribution in [0.25, 0.3) is 0 Å². The molecule has 2 heterocycles. The molecule has 0 radical (unpaired) electrons. The van der Waals surface area contributed by atoms with Gasteiger partial charge in [0.2, 0.25) is 5.95 Å². The van der Waals surface area contributed by atoms with E-state index in [9.17, 15) is 0 Å². The first-order valence-electron chi connectivity index (χ1n) is 6.36. The lowest BCUT2D eigenvalue weighted by Gasteiger charge is -2.37. The van der Waals surface area contributed by atoms with Crippen molar-refractivity contribution in [3.63, 3.8) is 0 Å². The first-order valence-corrected chi connectivity index (χ1v) is 6.36. The summed E-state index contributed by atoms with van der Waals surface area (Å²) in [4.78, 5) is 10.9. The van der Waals surface area contributed by atoms with Crippen LogP contribution in [0.2, 0.25) is 0 Å². The number of aryl methyl sites for hydroxylation is 1. The number of piperidine rings is 1. The van der Waals surface area contributed by atoms with Crippen LogP contribution in [0.15, 0.2) is 6.07 Å². The summed E-state index contributed by atoms with van der Waals surface area (Å²) in [7, 11) is 0. The van der Waals surface area contributed by atoms with Gasteiger partial charge in [-0.3, -0.25) is 0 Å². The Morgan fingerprint density at radius 2 is 2.28 bits per heavy atom.